The third kappa shape index (κ3) is 4.22. The van der Waals surface area contributed by atoms with Crippen LogP contribution in [0, 0.1) is 0 Å². The number of sulfonamides is 1. The van der Waals surface area contributed by atoms with Gasteiger partial charge in [0.1, 0.15) is 5.01 Å². The van der Waals surface area contributed by atoms with Gasteiger partial charge in [-0.05, 0) is 6.42 Å². The maximum absolute atomic E-state index is 12.1. The predicted octanol–water partition coefficient (Wildman–Crippen LogP) is 2.67. The van der Waals surface area contributed by atoms with Crippen molar-refractivity contribution in [3.63, 3.8) is 0 Å². The molecule has 1 aromatic heterocycles. The third-order valence-electron chi connectivity index (χ3n) is 4.17. The highest BCUT2D eigenvalue weighted by Gasteiger charge is 2.26. The van der Waals surface area contributed by atoms with E-state index >= 15 is 0 Å². The average molecular weight is 366 g/mol. The molecule has 7 heteroatoms. The van der Waals surface area contributed by atoms with Crippen molar-refractivity contribution in [1.82, 2.24) is 14.2 Å². The summed E-state index contributed by atoms with van der Waals surface area (Å²) in [5.41, 5.74) is 2.15. The molecule has 1 saturated heterocycles. The lowest BCUT2D eigenvalue weighted by Crippen LogP contribution is -2.48. The molecule has 0 amide bonds. The minimum absolute atomic E-state index is 0.250. The molecule has 0 spiro atoms. The lowest BCUT2D eigenvalue weighted by molar-refractivity contribution is 0.181. The van der Waals surface area contributed by atoms with Gasteiger partial charge in [0.15, 0.2) is 0 Å². The van der Waals surface area contributed by atoms with Gasteiger partial charge in [-0.2, -0.15) is 4.31 Å². The Morgan fingerprint density at radius 2 is 1.83 bits per heavy atom. The summed E-state index contributed by atoms with van der Waals surface area (Å²) in [6, 6.07) is 10.2. The molecule has 1 fully saturated rings. The fraction of sp³-hybridized carbons (Fsp3) is 0.471. The number of hydrogen-bond donors (Lipinski definition) is 0. The van der Waals surface area contributed by atoms with Gasteiger partial charge < -0.3 is 0 Å². The van der Waals surface area contributed by atoms with Crippen LogP contribution >= 0.6 is 11.3 Å². The molecule has 3 rings (SSSR count). The number of piperazine rings is 1. The molecule has 1 aromatic carbocycles. The maximum atomic E-state index is 12.1. The van der Waals surface area contributed by atoms with Crippen LogP contribution in [0.2, 0.25) is 0 Å². The fourth-order valence-corrected chi connectivity index (χ4v) is 5.21. The minimum atomic E-state index is -3.07. The molecular weight excluding hydrogens is 342 g/mol. The van der Waals surface area contributed by atoms with Crippen molar-refractivity contribution in [2.75, 3.05) is 31.9 Å². The normalized spacial score (nSPS) is 17.2. The van der Waals surface area contributed by atoms with Crippen LogP contribution in [0.5, 0.6) is 0 Å². The SMILES string of the molecule is CCCS(=O)(=O)N1CCN(Cc2nc(-c3ccccc3)cs2)CC1. The van der Waals surface area contributed by atoms with Crippen LogP contribution in [0.15, 0.2) is 35.7 Å². The maximum Gasteiger partial charge on any atom is 0.214 e. The van der Waals surface area contributed by atoms with E-state index < -0.39 is 10.0 Å². The monoisotopic (exact) mass is 365 g/mol. The Bertz CT molecular complexity index is 751. The molecule has 0 atom stereocenters. The molecule has 1 aliphatic heterocycles. The minimum Gasteiger partial charge on any atom is -0.294 e. The number of rotatable bonds is 6. The Kier molecular flexibility index (Phi) is 5.65. The van der Waals surface area contributed by atoms with Crippen molar-refractivity contribution in [3.05, 3.63) is 40.7 Å². The van der Waals surface area contributed by atoms with E-state index in [1.165, 1.54) is 0 Å². The molecular formula is C17H23N3O2S2. The van der Waals surface area contributed by atoms with Crippen molar-refractivity contribution in [2.24, 2.45) is 0 Å². The molecule has 2 heterocycles. The van der Waals surface area contributed by atoms with E-state index in [4.69, 9.17) is 4.98 Å². The quantitative estimate of drug-likeness (QED) is 0.790. The molecule has 24 heavy (non-hydrogen) atoms. The number of aromatic nitrogens is 1. The van der Waals surface area contributed by atoms with Crippen LogP contribution < -0.4 is 0 Å². The van der Waals surface area contributed by atoms with Gasteiger partial charge >= 0.3 is 0 Å². The molecule has 1 aliphatic rings. The van der Waals surface area contributed by atoms with E-state index in [0.29, 0.717) is 19.5 Å². The Labute approximate surface area is 148 Å². The summed E-state index contributed by atoms with van der Waals surface area (Å²) in [4.78, 5) is 7.00. The van der Waals surface area contributed by atoms with Gasteiger partial charge in [-0.15, -0.1) is 11.3 Å². The van der Waals surface area contributed by atoms with Gasteiger partial charge in [0.05, 0.1) is 18.0 Å². The van der Waals surface area contributed by atoms with Crippen LogP contribution in [0.25, 0.3) is 11.3 Å². The zero-order valence-corrected chi connectivity index (χ0v) is 15.5. The van der Waals surface area contributed by atoms with E-state index in [-0.39, 0.29) is 5.75 Å². The molecule has 2 aromatic rings. The van der Waals surface area contributed by atoms with E-state index in [0.717, 1.165) is 35.9 Å². The third-order valence-corrected chi connectivity index (χ3v) is 7.08. The van der Waals surface area contributed by atoms with Crippen LogP contribution in [-0.4, -0.2) is 54.5 Å². The van der Waals surface area contributed by atoms with E-state index in [2.05, 4.69) is 22.4 Å². The number of hydrogen-bond acceptors (Lipinski definition) is 5. The zero-order chi connectivity index (χ0) is 17.0. The highest BCUT2D eigenvalue weighted by Crippen LogP contribution is 2.23. The van der Waals surface area contributed by atoms with Gasteiger partial charge in [0.2, 0.25) is 10.0 Å². The molecule has 0 unspecified atom stereocenters. The number of thiazole rings is 1. The first-order valence-corrected chi connectivity index (χ1v) is 10.8. The smallest absolute Gasteiger partial charge is 0.214 e. The van der Waals surface area contributed by atoms with Gasteiger partial charge in [0.25, 0.3) is 0 Å². The van der Waals surface area contributed by atoms with E-state index in [1.54, 1.807) is 15.6 Å². The summed E-state index contributed by atoms with van der Waals surface area (Å²) in [5.74, 6) is 0.250. The van der Waals surface area contributed by atoms with Crippen LogP contribution in [0.3, 0.4) is 0 Å². The Balaban J connectivity index is 1.56. The lowest BCUT2D eigenvalue weighted by Gasteiger charge is -2.33. The fourth-order valence-electron chi connectivity index (χ4n) is 2.87. The first-order chi connectivity index (χ1) is 11.6. The highest BCUT2D eigenvalue weighted by atomic mass is 32.2. The molecule has 0 saturated carbocycles. The molecule has 0 radical (unpaired) electrons. The Hall–Kier alpha value is -1.28. The standard InChI is InChI=1S/C17H23N3O2S2/c1-2-12-24(21,22)20-10-8-19(9-11-20)13-17-18-16(14-23-17)15-6-4-3-5-7-15/h3-7,14H,2,8-13H2,1H3. The van der Waals surface area contributed by atoms with Crippen molar-refractivity contribution < 1.29 is 8.42 Å². The zero-order valence-electron chi connectivity index (χ0n) is 13.9. The predicted molar refractivity (Wildman–Crippen MR) is 98.5 cm³/mol. The largest absolute Gasteiger partial charge is 0.294 e. The molecule has 0 N–H and O–H groups in total. The topological polar surface area (TPSA) is 53.5 Å². The summed E-state index contributed by atoms with van der Waals surface area (Å²) in [7, 11) is -3.07. The summed E-state index contributed by atoms with van der Waals surface area (Å²) in [6.45, 7) is 5.39. The molecule has 5 nitrogen and oxygen atoms in total. The summed E-state index contributed by atoms with van der Waals surface area (Å²) < 4.78 is 25.8. The van der Waals surface area contributed by atoms with Gasteiger partial charge in [-0.3, -0.25) is 4.90 Å². The van der Waals surface area contributed by atoms with Gasteiger partial charge in [0, 0.05) is 37.1 Å². The van der Waals surface area contributed by atoms with Crippen LogP contribution in [-0.2, 0) is 16.6 Å². The first kappa shape index (κ1) is 17.5. The summed E-state index contributed by atoms with van der Waals surface area (Å²) in [5, 5.41) is 3.17. The number of nitrogens with zero attached hydrogens (tertiary/aromatic N) is 3. The van der Waals surface area contributed by atoms with E-state index in [1.807, 2.05) is 25.1 Å². The Morgan fingerprint density at radius 1 is 1.12 bits per heavy atom. The van der Waals surface area contributed by atoms with Crippen LogP contribution in [0.4, 0.5) is 0 Å². The second-order valence-electron chi connectivity index (χ2n) is 5.98. The number of benzene rings is 1. The van der Waals surface area contributed by atoms with Gasteiger partial charge in [-0.1, -0.05) is 37.3 Å². The van der Waals surface area contributed by atoms with E-state index in [9.17, 15) is 8.42 Å². The summed E-state index contributed by atoms with van der Waals surface area (Å²) >= 11 is 1.67. The van der Waals surface area contributed by atoms with Gasteiger partial charge in [-0.25, -0.2) is 13.4 Å². The van der Waals surface area contributed by atoms with Crippen molar-refractivity contribution in [1.29, 1.82) is 0 Å². The molecule has 0 aliphatic carbocycles. The Morgan fingerprint density at radius 3 is 2.50 bits per heavy atom. The van der Waals surface area contributed by atoms with Crippen molar-refractivity contribution >= 4 is 21.4 Å². The molecule has 130 valence electrons. The first-order valence-electron chi connectivity index (χ1n) is 8.28. The second-order valence-corrected chi connectivity index (χ2v) is 9.01. The lowest BCUT2D eigenvalue weighted by atomic mass is 10.2. The highest BCUT2D eigenvalue weighted by molar-refractivity contribution is 7.89. The van der Waals surface area contributed by atoms with Crippen molar-refractivity contribution in [2.45, 2.75) is 19.9 Å². The van der Waals surface area contributed by atoms with Crippen LogP contribution in [0.1, 0.15) is 18.4 Å². The second kappa shape index (κ2) is 7.74. The average Bonchev–Trinajstić information content (AvgIpc) is 3.05. The molecule has 0 bridgehead atoms. The van der Waals surface area contributed by atoms with Crippen molar-refractivity contribution in [3.8, 4) is 11.3 Å². The summed E-state index contributed by atoms with van der Waals surface area (Å²) in [6.07, 6.45) is 0.671.